The van der Waals surface area contributed by atoms with Gasteiger partial charge in [-0.2, -0.15) is 0 Å². The van der Waals surface area contributed by atoms with Gasteiger partial charge in [0.25, 0.3) is 5.69 Å². The molecule has 0 bridgehead atoms. The fourth-order valence-corrected chi connectivity index (χ4v) is 11.4. The molecule has 506 valence electrons. The van der Waals surface area contributed by atoms with E-state index in [1.165, 1.54) is 105 Å². The highest BCUT2D eigenvalue weighted by Gasteiger charge is 2.13. The Kier molecular flexibility index (Phi) is 29.3. The summed E-state index contributed by atoms with van der Waals surface area (Å²) in [6.07, 6.45) is 10.9. The summed E-state index contributed by atoms with van der Waals surface area (Å²) in [6, 6.07) is 91.2. The molecule has 1 aliphatic rings. The number of nitrogens with zero attached hydrogens (tertiary/aromatic N) is 5. The molecule has 3 heterocycles. The SMILES string of the molecule is CC(C)C1C=NC=N1.CC(C)c1ccc2ccc3cccc4ccc1c2c34.CC(C)c1ccc2ccccc2c1.CC(C)c1cccc2ccccc12.CC(C)c1ccccc1.CC(C)c1ccccccc2ccccc2c1.CC(C)n1ccc([N+](=O)[O-])c1.CC(C)n1cccc1. The Balaban J connectivity index is 0.000000161. The van der Waals surface area contributed by atoms with Crippen LogP contribution in [-0.2, 0) is 0 Å². The quantitative estimate of drug-likeness (QED) is 0.0820. The molecule has 0 amide bonds. The maximum absolute atomic E-state index is 10.2. The molecule has 1 atom stereocenters. The van der Waals surface area contributed by atoms with Crippen molar-refractivity contribution in [2.24, 2.45) is 15.9 Å². The van der Waals surface area contributed by atoms with Gasteiger partial charge in [0, 0.05) is 43.0 Å². The lowest BCUT2D eigenvalue weighted by Gasteiger charge is -2.15. The molecule has 0 spiro atoms. The first kappa shape index (κ1) is 75.4. The molecule has 13 aromatic rings. The van der Waals surface area contributed by atoms with Crippen molar-refractivity contribution in [3.8, 4) is 0 Å². The lowest BCUT2D eigenvalue weighted by molar-refractivity contribution is -0.384. The number of benzene rings is 10. The summed E-state index contributed by atoms with van der Waals surface area (Å²) in [6.45, 7) is 34.9. The lowest BCUT2D eigenvalue weighted by atomic mass is 9.89. The Hall–Kier alpha value is -9.98. The van der Waals surface area contributed by atoms with Gasteiger partial charge in [-0.05, 0) is 168 Å². The van der Waals surface area contributed by atoms with Crippen LogP contribution in [0.25, 0.3) is 64.6 Å². The van der Waals surface area contributed by atoms with Gasteiger partial charge in [-0.25, -0.2) is 4.99 Å². The van der Waals surface area contributed by atoms with Crippen LogP contribution in [0, 0.1) is 16.0 Å². The zero-order valence-electron chi connectivity index (χ0n) is 61.0. The van der Waals surface area contributed by atoms with Crippen LogP contribution in [0.2, 0.25) is 0 Å². The van der Waals surface area contributed by atoms with E-state index in [1.54, 1.807) is 17.1 Å². The van der Waals surface area contributed by atoms with Gasteiger partial charge in [-0.1, -0.05) is 320 Å². The molecule has 0 N–H and O–H groups in total. The predicted molar refractivity (Wildman–Crippen MR) is 428 cm³/mol. The van der Waals surface area contributed by atoms with Gasteiger partial charge in [-0.3, -0.25) is 15.1 Å². The minimum absolute atomic E-state index is 0.152. The van der Waals surface area contributed by atoms with Crippen LogP contribution in [-0.4, -0.2) is 32.7 Å². The van der Waals surface area contributed by atoms with Crippen molar-refractivity contribution in [3.05, 3.63) is 318 Å². The van der Waals surface area contributed by atoms with Gasteiger partial charge in [0.1, 0.15) is 6.34 Å². The molecular formula is C91H105N5O2. The Labute approximate surface area is 585 Å². The van der Waals surface area contributed by atoms with E-state index in [2.05, 4.69) is 354 Å². The number of hydrogen-bond donors (Lipinski definition) is 0. The molecule has 7 nitrogen and oxygen atoms in total. The molecule has 7 heteroatoms. The van der Waals surface area contributed by atoms with E-state index in [9.17, 15) is 10.1 Å². The van der Waals surface area contributed by atoms with Crippen molar-refractivity contribution in [2.75, 3.05) is 0 Å². The predicted octanol–water partition coefficient (Wildman–Crippen LogP) is 26.7. The van der Waals surface area contributed by atoms with Crippen LogP contribution in [0.1, 0.15) is 180 Å². The molecule has 0 fully saturated rings. The Morgan fingerprint density at radius 1 is 0.347 bits per heavy atom. The highest BCUT2D eigenvalue weighted by Crippen LogP contribution is 2.38. The second kappa shape index (κ2) is 38.1. The van der Waals surface area contributed by atoms with Crippen LogP contribution < -0.4 is 0 Å². The monoisotopic (exact) mass is 1300 g/mol. The number of aromatic nitrogens is 2. The standard InChI is InChI=1S/C19H16.C17H18.2C13H14.C9H12.C7H10N2O2.C7H11N.C6H10N2/c1-12(2)16-10-8-15-7-6-13-4-3-5-14-9-11-17(16)19(15)18(13)14;1-14(2)16-11-6-4-3-5-9-15-10-7-8-12-17(15)13-16;1-10(2)12-9-5-7-11-6-3-4-8-13(11)12;1-10(2)12-8-7-11-5-3-4-6-13(11)9-12;1-8(2)9-6-4-3-5-7-9;1-6(2)8-4-3-7(5-8)9(10)11;1-7(2)8-5-3-4-6-8;1-5(2)6-3-7-4-8-6/h3-12H,1-2H3;3-14H,1-2H3;2*3-10H,1-2H3;3-8H,1-2H3;3-6H,1-2H3;3-7H,1-2H3;3-6H,1-2H3. The molecule has 11 aromatic carbocycles. The topological polar surface area (TPSA) is 77.7 Å². The minimum atomic E-state index is -0.390. The number of fused-ring (bicyclic) bond motifs is 3. The van der Waals surface area contributed by atoms with E-state index < -0.39 is 4.92 Å². The molecule has 14 rings (SSSR count). The summed E-state index contributed by atoms with van der Waals surface area (Å²) in [7, 11) is 0. The van der Waals surface area contributed by atoms with Crippen molar-refractivity contribution in [1.82, 2.24) is 9.13 Å². The summed E-state index contributed by atoms with van der Waals surface area (Å²) in [4.78, 5) is 17.8. The number of rotatable bonds is 9. The first-order valence-corrected chi connectivity index (χ1v) is 35.1. The molecule has 98 heavy (non-hydrogen) atoms. The third-order valence-corrected chi connectivity index (χ3v) is 17.4. The molecule has 1 aliphatic heterocycles. The molecule has 2 aromatic heterocycles. The molecule has 0 saturated carbocycles. The maximum atomic E-state index is 10.2. The van der Waals surface area contributed by atoms with Gasteiger partial charge in [-0.15, -0.1) is 0 Å². The largest absolute Gasteiger partial charge is 0.352 e. The van der Waals surface area contributed by atoms with Gasteiger partial charge in [0.15, 0.2) is 0 Å². The fourth-order valence-electron chi connectivity index (χ4n) is 11.4. The van der Waals surface area contributed by atoms with E-state index in [0.29, 0.717) is 47.6 Å². The van der Waals surface area contributed by atoms with E-state index in [-0.39, 0.29) is 11.7 Å². The van der Waals surface area contributed by atoms with E-state index in [1.807, 2.05) is 38.3 Å². The third-order valence-electron chi connectivity index (χ3n) is 17.4. The minimum Gasteiger partial charge on any atom is -0.352 e. The first-order chi connectivity index (χ1) is 47.1. The lowest BCUT2D eigenvalue weighted by Crippen LogP contribution is -2.10. The molecule has 0 radical (unpaired) electrons. The average molecular weight is 1300 g/mol. The third kappa shape index (κ3) is 22.3. The van der Waals surface area contributed by atoms with Crippen LogP contribution in [0.5, 0.6) is 0 Å². The second-order valence-electron chi connectivity index (χ2n) is 27.4. The van der Waals surface area contributed by atoms with Crippen molar-refractivity contribution in [3.63, 3.8) is 0 Å². The van der Waals surface area contributed by atoms with Gasteiger partial charge >= 0.3 is 0 Å². The molecular weight excluding hydrogens is 1200 g/mol. The molecule has 0 saturated heterocycles. The molecule has 1 unspecified atom stereocenters. The fraction of sp³-hybridized carbons (Fsp3) is 0.275. The van der Waals surface area contributed by atoms with E-state index in [4.69, 9.17) is 0 Å². The van der Waals surface area contributed by atoms with Crippen molar-refractivity contribution in [2.45, 2.75) is 158 Å². The zero-order chi connectivity index (χ0) is 70.7. The Morgan fingerprint density at radius 2 is 0.765 bits per heavy atom. The van der Waals surface area contributed by atoms with Gasteiger partial charge in [0.05, 0.1) is 17.2 Å². The smallest absolute Gasteiger partial charge is 0.286 e. The van der Waals surface area contributed by atoms with Gasteiger partial charge < -0.3 is 9.13 Å². The highest BCUT2D eigenvalue weighted by molar-refractivity contribution is 6.23. The number of nitro groups is 1. The summed E-state index contributed by atoms with van der Waals surface area (Å²) >= 11 is 0. The first-order valence-electron chi connectivity index (χ1n) is 35.1. The Bertz CT molecular complexity index is 4600. The number of aliphatic imine (C=N–C) groups is 2. The van der Waals surface area contributed by atoms with Crippen molar-refractivity contribution in [1.29, 1.82) is 0 Å². The highest BCUT2D eigenvalue weighted by atomic mass is 16.6. The van der Waals surface area contributed by atoms with Crippen LogP contribution in [0.4, 0.5) is 5.69 Å². The van der Waals surface area contributed by atoms with E-state index in [0.717, 1.165) is 0 Å². The van der Waals surface area contributed by atoms with Crippen LogP contribution >= 0.6 is 0 Å². The Morgan fingerprint density at radius 3 is 1.23 bits per heavy atom. The van der Waals surface area contributed by atoms with Crippen molar-refractivity contribution >= 4 is 82.9 Å². The summed E-state index contributed by atoms with van der Waals surface area (Å²) in [5, 5.41) is 26.5. The van der Waals surface area contributed by atoms with Crippen molar-refractivity contribution < 1.29 is 4.92 Å². The average Bonchev–Trinajstić information content (AvgIpc) is 0.799. The van der Waals surface area contributed by atoms with E-state index >= 15 is 0 Å². The zero-order valence-corrected chi connectivity index (χ0v) is 61.0. The molecule has 0 aliphatic carbocycles. The van der Waals surface area contributed by atoms with Crippen LogP contribution in [0.15, 0.2) is 290 Å². The van der Waals surface area contributed by atoms with Gasteiger partial charge in [0.2, 0.25) is 0 Å². The maximum Gasteiger partial charge on any atom is 0.286 e. The summed E-state index contributed by atoms with van der Waals surface area (Å²) < 4.78 is 3.97. The summed E-state index contributed by atoms with van der Waals surface area (Å²) in [5.41, 5.74) is 7.23. The number of hydrogen-bond acceptors (Lipinski definition) is 4. The summed E-state index contributed by atoms with van der Waals surface area (Å²) in [5.74, 6) is 3.57. The second-order valence-corrected chi connectivity index (χ2v) is 27.4. The normalized spacial score (nSPS) is 12.1. The van der Waals surface area contributed by atoms with Crippen LogP contribution in [0.3, 0.4) is 0 Å².